The van der Waals surface area contributed by atoms with E-state index in [-0.39, 0.29) is 0 Å². The van der Waals surface area contributed by atoms with E-state index < -0.39 is 12.0 Å². The molecule has 0 rings (SSSR count). The fourth-order valence-electron chi connectivity index (χ4n) is 0.365. The summed E-state index contributed by atoms with van der Waals surface area (Å²) < 4.78 is 0. The SMILES string of the molecule is CC(C)C=N[C@@H](C)C(=O)O. The van der Waals surface area contributed by atoms with Crippen molar-refractivity contribution in [3.63, 3.8) is 0 Å². The van der Waals surface area contributed by atoms with E-state index in [1.807, 2.05) is 13.8 Å². The summed E-state index contributed by atoms with van der Waals surface area (Å²) in [6, 6.07) is -0.609. The van der Waals surface area contributed by atoms with Gasteiger partial charge in [0, 0.05) is 6.21 Å². The molecule has 0 aromatic heterocycles. The van der Waals surface area contributed by atoms with Crippen LogP contribution in [0.4, 0.5) is 0 Å². The second-order valence-electron chi connectivity index (χ2n) is 2.56. The van der Waals surface area contributed by atoms with Crippen LogP contribution in [0.25, 0.3) is 0 Å². The number of aliphatic carboxylic acids is 1. The zero-order valence-corrected chi connectivity index (χ0v) is 6.53. The normalized spacial score (nSPS) is 14.4. The standard InChI is InChI=1S/C7H13NO2/c1-5(2)4-8-6(3)7(9)10/h4-6H,1-3H3,(H,9,10)/t6-/m0/s1. The minimum atomic E-state index is -0.878. The average Bonchev–Trinajstić information content (AvgIpc) is 1.82. The van der Waals surface area contributed by atoms with Crippen molar-refractivity contribution in [1.82, 2.24) is 0 Å². The van der Waals surface area contributed by atoms with Crippen molar-refractivity contribution in [2.75, 3.05) is 0 Å². The average molecular weight is 143 g/mol. The second-order valence-corrected chi connectivity index (χ2v) is 2.56. The molecule has 58 valence electrons. The van der Waals surface area contributed by atoms with Gasteiger partial charge in [-0.05, 0) is 12.8 Å². The van der Waals surface area contributed by atoms with Crippen molar-refractivity contribution in [3.8, 4) is 0 Å². The molecule has 0 unspecified atom stereocenters. The van der Waals surface area contributed by atoms with Crippen LogP contribution in [-0.4, -0.2) is 23.3 Å². The van der Waals surface area contributed by atoms with E-state index >= 15 is 0 Å². The van der Waals surface area contributed by atoms with Gasteiger partial charge in [0.15, 0.2) is 0 Å². The third-order valence-electron chi connectivity index (χ3n) is 0.965. The van der Waals surface area contributed by atoms with E-state index in [2.05, 4.69) is 4.99 Å². The summed E-state index contributed by atoms with van der Waals surface area (Å²) in [4.78, 5) is 14.0. The molecule has 10 heavy (non-hydrogen) atoms. The van der Waals surface area contributed by atoms with Gasteiger partial charge in [0.1, 0.15) is 6.04 Å². The van der Waals surface area contributed by atoms with Gasteiger partial charge in [-0.1, -0.05) is 13.8 Å². The summed E-state index contributed by atoms with van der Waals surface area (Å²) in [5.74, 6) is -0.557. The number of carbonyl (C=O) groups is 1. The first-order chi connectivity index (χ1) is 4.54. The van der Waals surface area contributed by atoms with Gasteiger partial charge < -0.3 is 5.11 Å². The van der Waals surface area contributed by atoms with Crippen molar-refractivity contribution in [3.05, 3.63) is 0 Å². The minimum absolute atomic E-state index is 0.321. The largest absolute Gasteiger partial charge is 0.480 e. The maximum absolute atomic E-state index is 10.2. The van der Waals surface area contributed by atoms with Crippen molar-refractivity contribution >= 4 is 12.2 Å². The zero-order valence-electron chi connectivity index (χ0n) is 6.53. The van der Waals surface area contributed by atoms with Gasteiger partial charge >= 0.3 is 5.97 Å². The number of carboxylic acid groups (broad SMARTS) is 1. The number of rotatable bonds is 3. The van der Waals surface area contributed by atoms with Crippen molar-refractivity contribution in [2.24, 2.45) is 10.9 Å². The van der Waals surface area contributed by atoms with Gasteiger partial charge in [-0.3, -0.25) is 4.99 Å². The maximum atomic E-state index is 10.2. The minimum Gasteiger partial charge on any atom is -0.480 e. The summed E-state index contributed by atoms with van der Waals surface area (Å²) in [6.45, 7) is 5.47. The molecular formula is C7H13NO2. The highest BCUT2D eigenvalue weighted by Crippen LogP contribution is 1.91. The summed E-state index contributed by atoms with van der Waals surface area (Å²) in [5, 5.41) is 8.38. The summed E-state index contributed by atoms with van der Waals surface area (Å²) in [5.41, 5.74) is 0. The van der Waals surface area contributed by atoms with Crippen LogP contribution in [0.1, 0.15) is 20.8 Å². The molecule has 0 aliphatic carbocycles. The highest BCUT2D eigenvalue weighted by atomic mass is 16.4. The molecular weight excluding hydrogens is 130 g/mol. The van der Waals surface area contributed by atoms with E-state index in [4.69, 9.17) is 5.11 Å². The molecule has 0 amide bonds. The van der Waals surface area contributed by atoms with Crippen LogP contribution in [0.3, 0.4) is 0 Å². The third-order valence-corrected chi connectivity index (χ3v) is 0.965. The molecule has 0 bridgehead atoms. The Kier molecular flexibility index (Phi) is 3.69. The van der Waals surface area contributed by atoms with E-state index in [9.17, 15) is 4.79 Å². The quantitative estimate of drug-likeness (QED) is 0.603. The number of aliphatic imine (C=N–C) groups is 1. The predicted octanol–water partition coefficient (Wildman–Crippen LogP) is 1.19. The van der Waals surface area contributed by atoms with Gasteiger partial charge in [-0.15, -0.1) is 0 Å². The second kappa shape index (κ2) is 4.04. The summed E-state index contributed by atoms with van der Waals surface area (Å²) in [7, 11) is 0. The Morgan fingerprint density at radius 2 is 2.00 bits per heavy atom. The number of hydrogen-bond donors (Lipinski definition) is 1. The smallest absolute Gasteiger partial charge is 0.328 e. The van der Waals surface area contributed by atoms with Crippen LogP contribution < -0.4 is 0 Å². The molecule has 3 heteroatoms. The monoisotopic (exact) mass is 143 g/mol. The van der Waals surface area contributed by atoms with Crippen LogP contribution in [0.2, 0.25) is 0 Å². The van der Waals surface area contributed by atoms with Crippen LogP contribution in [-0.2, 0) is 4.79 Å². The van der Waals surface area contributed by atoms with Gasteiger partial charge in [0.25, 0.3) is 0 Å². The lowest BCUT2D eigenvalue weighted by Crippen LogP contribution is -2.13. The zero-order chi connectivity index (χ0) is 8.15. The molecule has 0 aromatic rings. The van der Waals surface area contributed by atoms with E-state index in [1.165, 1.54) is 0 Å². The molecule has 0 fully saturated rings. The first kappa shape index (κ1) is 9.14. The van der Waals surface area contributed by atoms with Crippen molar-refractivity contribution < 1.29 is 9.90 Å². The van der Waals surface area contributed by atoms with Gasteiger partial charge in [0.05, 0.1) is 0 Å². The van der Waals surface area contributed by atoms with Gasteiger partial charge in [0.2, 0.25) is 0 Å². The third kappa shape index (κ3) is 4.06. The molecule has 0 spiro atoms. The number of carboxylic acids is 1. The fourth-order valence-corrected chi connectivity index (χ4v) is 0.365. The topological polar surface area (TPSA) is 49.7 Å². The van der Waals surface area contributed by atoms with Crippen molar-refractivity contribution in [1.29, 1.82) is 0 Å². The van der Waals surface area contributed by atoms with Crippen molar-refractivity contribution in [2.45, 2.75) is 26.8 Å². The van der Waals surface area contributed by atoms with E-state index in [1.54, 1.807) is 13.1 Å². The highest BCUT2D eigenvalue weighted by Gasteiger charge is 2.05. The molecule has 0 aliphatic rings. The Hall–Kier alpha value is -0.860. The first-order valence-electron chi connectivity index (χ1n) is 3.30. The molecule has 3 nitrogen and oxygen atoms in total. The Morgan fingerprint density at radius 3 is 2.30 bits per heavy atom. The molecule has 0 heterocycles. The predicted molar refractivity (Wildman–Crippen MR) is 40.4 cm³/mol. The lowest BCUT2D eigenvalue weighted by atomic mass is 10.2. The first-order valence-corrected chi connectivity index (χ1v) is 3.30. The number of hydrogen-bond acceptors (Lipinski definition) is 2. The van der Waals surface area contributed by atoms with E-state index in [0.29, 0.717) is 5.92 Å². The molecule has 1 N–H and O–H groups in total. The molecule has 0 saturated heterocycles. The summed E-state index contributed by atoms with van der Waals surface area (Å²) in [6.07, 6.45) is 1.65. The Bertz CT molecular complexity index is 141. The van der Waals surface area contributed by atoms with Crippen LogP contribution in [0.15, 0.2) is 4.99 Å². The van der Waals surface area contributed by atoms with Crippen LogP contribution in [0, 0.1) is 5.92 Å². The molecule has 0 saturated carbocycles. The van der Waals surface area contributed by atoms with E-state index in [0.717, 1.165) is 0 Å². The Labute approximate surface area is 60.8 Å². The number of nitrogens with zero attached hydrogens (tertiary/aromatic N) is 1. The maximum Gasteiger partial charge on any atom is 0.328 e. The summed E-state index contributed by atoms with van der Waals surface area (Å²) >= 11 is 0. The van der Waals surface area contributed by atoms with Gasteiger partial charge in [-0.25, -0.2) is 4.79 Å². The Morgan fingerprint density at radius 1 is 1.50 bits per heavy atom. The fraction of sp³-hybridized carbons (Fsp3) is 0.714. The van der Waals surface area contributed by atoms with Gasteiger partial charge in [-0.2, -0.15) is 0 Å². The lowest BCUT2D eigenvalue weighted by Gasteiger charge is -1.98. The molecule has 1 atom stereocenters. The van der Waals surface area contributed by atoms with Crippen LogP contribution in [0.5, 0.6) is 0 Å². The lowest BCUT2D eigenvalue weighted by molar-refractivity contribution is -0.137. The Balaban J connectivity index is 3.77. The molecule has 0 aliphatic heterocycles. The van der Waals surface area contributed by atoms with Crippen LogP contribution >= 0.6 is 0 Å². The molecule has 0 radical (unpaired) electrons. The molecule has 0 aromatic carbocycles. The highest BCUT2D eigenvalue weighted by molar-refractivity contribution is 5.75.